The van der Waals surface area contributed by atoms with E-state index in [1.54, 1.807) is 12.1 Å². The van der Waals surface area contributed by atoms with Crippen molar-refractivity contribution < 1.29 is 32.9 Å². The van der Waals surface area contributed by atoms with Crippen LogP contribution in [-0.2, 0) is 24.3 Å². The van der Waals surface area contributed by atoms with Crippen LogP contribution in [0.4, 0.5) is 0 Å². The molecule has 0 unspecified atom stereocenters. The standard InChI is InChI=1S/C17H26N2O7S/c1-11-3-5-12(6-4-11)27(23,24)19-10-14-17(22)16(21)13(26-14)9-15(20)18-7-8-25-2/h3-6,13-14,16-17,19,21-22H,7-10H2,1-2H3,(H,18,20)/t13-,14-,16-,17+/m0/s1. The molecule has 1 heterocycles. The van der Waals surface area contributed by atoms with E-state index in [4.69, 9.17) is 9.47 Å². The molecule has 152 valence electrons. The molecule has 0 radical (unpaired) electrons. The van der Waals surface area contributed by atoms with Gasteiger partial charge in [-0.15, -0.1) is 0 Å². The summed E-state index contributed by atoms with van der Waals surface area (Å²) in [5, 5.41) is 22.8. The zero-order chi connectivity index (χ0) is 20.0. The highest BCUT2D eigenvalue weighted by molar-refractivity contribution is 7.89. The zero-order valence-corrected chi connectivity index (χ0v) is 16.1. The predicted molar refractivity (Wildman–Crippen MR) is 96.5 cm³/mol. The molecule has 0 saturated carbocycles. The summed E-state index contributed by atoms with van der Waals surface area (Å²) in [5.74, 6) is -0.357. The molecule has 1 aromatic carbocycles. The van der Waals surface area contributed by atoms with Crippen molar-refractivity contribution in [1.82, 2.24) is 10.0 Å². The first-order valence-electron chi connectivity index (χ1n) is 8.58. The number of sulfonamides is 1. The third-order valence-corrected chi connectivity index (χ3v) is 5.72. The molecule has 1 aliphatic heterocycles. The first kappa shape index (κ1) is 21.7. The second-order valence-corrected chi connectivity index (χ2v) is 8.17. The number of aryl methyl sites for hydroxylation is 1. The molecule has 4 atom stereocenters. The van der Waals surface area contributed by atoms with Gasteiger partial charge in [0.15, 0.2) is 0 Å². The Hall–Kier alpha value is -1.56. The quantitative estimate of drug-likeness (QED) is 0.386. The van der Waals surface area contributed by atoms with Crippen molar-refractivity contribution in [3.8, 4) is 0 Å². The van der Waals surface area contributed by atoms with Gasteiger partial charge in [0, 0.05) is 20.2 Å². The molecule has 1 aromatic rings. The van der Waals surface area contributed by atoms with Crippen LogP contribution < -0.4 is 10.0 Å². The Labute approximate surface area is 158 Å². The molecule has 1 fully saturated rings. The maximum Gasteiger partial charge on any atom is 0.240 e. The summed E-state index contributed by atoms with van der Waals surface area (Å²) in [5.41, 5.74) is 0.929. The van der Waals surface area contributed by atoms with E-state index in [2.05, 4.69) is 10.0 Å². The van der Waals surface area contributed by atoms with E-state index in [1.165, 1.54) is 19.2 Å². The molecule has 1 amide bonds. The van der Waals surface area contributed by atoms with Crippen LogP contribution >= 0.6 is 0 Å². The molecule has 1 saturated heterocycles. The van der Waals surface area contributed by atoms with Gasteiger partial charge in [0.2, 0.25) is 15.9 Å². The molecule has 0 aliphatic carbocycles. The fourth-order valence-corrected chi connectivity index (χ4v) is 3.75. The van der Waals surface area contributed by atoms with Gasteiger partial charge in [0.25, 0.3) is 0 Å². The minimum atomic E-state index is -3.78. The second-order valence-electron chi connectivity index (χ2n) is 6.41. The highest BCUT2D eigenvalue weighted by Gasteiger charge is 2.43. The number of hydrogen-bond donors (Lipinski definition) is 4. The number of hydrogen-bond acceptors (Lipinski definition) is 7. The van der Waals surface area contributed by atoms with Crippen molar-refractivity contribution in [2.75, 3.05) is 26.8 Å². The number of methoxy groups -OCH3 is 1. The minimum Gasteiger partial charge on any atom is -0.388 e. The largest absolute Gasteiger partial charge is 0.388 e. The summed E-state index contributed by atoms with van der Waals surface area (Å²) < 4.78 is 37.3. The summed E-state index contributed by atoms with van der Waals surface area (Å²) in [6.07, 6.45) is -4.62. The molecule has 4 N–H and O–H groups in total. The summed E-state index contributed by atoms with van der Waals surface area (Å²) in [6.45, 7) is 2.29. The Morgan fingerprint density at radius 3 is 2.44 bits per heavy atom. The van der Waals surface area contributed by atoms with Gasteiger partial charge in [-0.05, 0) is 19.1 Å². The van der Waals surface area contributed by atoms with Crippen LogP contribution in [0.25, 0.3) is 0 Å². The van der Waals surface area contributed by atoms with Crippen molar-refractivity contribution in [2.24, 2.45) is 0 Å². The fraction of sp³-hybridized carbons (Fsp3) is 0.588. The molecule has 0 aromatic heterocycles. The molecule has 2 rings (SSSR count). The van der Waals surface area contributed by atoms with E-state index in [0.717, 1.165) is 5.56 Å². The number of benzene rings is 1. The van der Waals surface area contributed by atoms with Crippen LogP contribution in [0, 0.1) is 6.92 Å². The van der Waals surface area contributed by atoms with Gasteiger partial charge in [0.05, 0.1) is 24.0 Å². The molecular formula is C17H26N2O7S. The van der Waals surface area contributed by atoms with Crippen molar-refractivity contribution in [2.45, 2.75) is 42.7 Å². The normalized spacial score (nSPS) is 25.5. The third kappa shape index (κ3) is 5.96. The van der Waals surface area contributed by atoms with E-state index < -0.39 is 34.4 Å². The van der Waals surface area contributed by atoms with E-state index in [1.807, 2.05) is 6.92 Å². The molecule has 1 aliphatic rings. The highest BCUT2D eigenvalue weighted by atomic mass is 32.2. The third-order valence-electron chi connectivity index (χ3n) is 4.28. The van der Waals surface area contributed by atoms with Crippen molar-refractivity contribution >= 4 is 15.9 Å². The van der Waals surface area contributed by atoms with Gasteiger partial charge in [0.1, 0.15) is 18.3 Å². The second kappa shape index (κ2) is 9.58. The maximum absolute atomic E-state index is 12.3. The molecule has 0 spiro atoms. The van der Waals surface area contributed by atoms with Crippen LogP contribution in [0.3, 0.4) is 0 Å². The first-order valence-corrected chi connectivity index (χ1v) is 10.1. The number of nitrogens with one attached hydrogen (secondary N) is 2. The number of aliphatic hydroxyl groups excluding tert-OH is 2. The van der Waals surface area contributed by atoms with Crippen molar-refractivity contribution in [1.29, 1.82) is 0 Å². The summed E-state index contributed by atoms with van der Waals surface area (Å²) >= 11 is 0. The Morgan fingerprint density at radius 1 is 1.19 bits per heavy atom. The number of rotatable bonds is 9. The molecule has 0 bridgehead atoms. The number of amides is 1. The Kier molecular flexibility index (Phi) is 7.71. The van der Waals surface area contributed by atoms with Crippen LogP contribution in [0.5, 0.6) is 0 Å². The van der Waals surface area contributed by atoms with Gasteiger partial charge < -0.3 is 25.0 Å². The zero-order valence-electron chi connectivity index (χ0n) is 15.3. The Morgan fingerprint density at radius 2 is 1.81 bits per heavy atom. The molecule has 10 heteroatoms. The van der Waals surface area contributed by atoms with Crippen molar-refractivity contribution in [3.63, 3.8) is 0 Å². The van der Waals surface area contributed by atoms with Crippen LogP contribution in [0.2, 0.25) is 0 Å². The number of carbonyl (C=O) groups is 1. The monoisotopic (exact) mass is 402 g/mol. The van der Waals surface area contributed by atoms with Gasteiger partial charge >= 0.3 is 0 Å². The lowest BCUT2D eigenvalue weighted by Gasteiger charge is -2.15. The van der Waals surface area contributed by atoms with Gasteiger partial charge in [-0.2, -0.15) is 0 Å². The minimum absolute atomic E-state index is 0.0928. The lowest BCUT2D eigenvalue weighted by molar-refractivity contribution is -0.125. The Balaban J connectivity index is 1.89. The lowest BCUT2D eigenvalue weighted by Crippen LogP contribution is -2.40. The Bertz CT molecular complexity index is 723. The SMILES string of the molecule is COCCNC(=O)C[C@@H]1O[C@@H](CNS(=O)(=O)c2ccc(C)cc2)[C@@H](O)[C@H]1O. The first-order chi connectivity index (χ1) is 12.7. The lowest BCUT2D eigenvalue weighted by atomic mass is 10.1. The van der Waals surface area contributed by atoms with Crippen molar-refractivity contribution in [3.05, 3.63) is 29.8 Å². The van der Waals surface area contributed by atoms with E-state index in [0.29, 0.717) is 13.2 Å². The summed E-state index contributed by atoms with van der Waals surface area (Å²) in [4.78, 5) is 11.9. The maximum atomic E-state index is 12.3. The van der Waals surface area contributed by atoms with E-state index in [9.17, 15) is 23.4 Å². The van der Waals surface area contributed by atoms with Gasteiger partial charge in [-0.3, -0.25) is 4.79 Å². The summed E-state index contributed by atoms with van der Waals surface area (Å²) in [7, 11) is -2.27. The number of carbonyl (C=O) groups excluding carboxylic acids is 1. The van der Waals surface area contributed by atoms with Crippen LogP contribution in [-0.4, -0.2) is 75.8 Å². The highest BCUT2D eigenvalue weighted by Crippen LogP contribution is 2.23. The van der Waals surface area contributed by atoms with Crippen LogP contribution in [0.15, 0.2) is 29.2 Å². The number of ether oxygens (including phenoxy) is 2. The predicted octanol–water partition coefficient (Wildman–Crippen LogP) is -1.08. The average molecular weight is 402 g/mol. The number of aliphatic hydroxyl groups is 2. The molecule has 27 heavy (non-hydrogen) atoms. The van der Waals surface area contributed by atoms with E-state index >= 15 is 0 Å². The average Bonchev–Trinajstić information content (AvgIpc) is 2.88. The smallest absolute Gasteiger partial charge is 0.240 e. The molecule has 9 nitrogen and oxygen atoms in total. The van der Waals surface area contributed by atoms with Gasteiger partial charge in [-0.25, -0.2) is 13.1 Å². The fourth-order valence-electron chi connectivity index (χ4n) is 2.70. The summed E-state index contributed by atoms with van der Waals surface area (Å²) in [6, 6.07) is 6.31. The van der Waals surface area contributed by atoms with Crippen LogP contribution in [0.1, 0.15) is 12.0 Å². The topological polar surface area (TPSA) is 134 Å². The molecular weight excluding hydrogens is 376 g/mol. The van der Waals surface area contributed by atoms with E-state index in [-0.39, 0.29) is 23.8 Å². The van der Waals surface area contributed by atoms with Gasteiger partial charge in [-0.1, -0.05) is 17.7 Å².